The van der Waals surface area contributed by atoms with E-state index in [9.17, 15) is 5.11 Å². The molecule has 0 bridgehead atoms. The first-order chi connectivity index (χ1) is 8.66. The van der Waals surface area contributed by atoms with Crippen molar-refractivity contribution in [3.05, 3.63) is 47.5 Å². The van der Waals surface area contributed by atoms with Crippen LogP contribution in [0.1, 0.15) is 31.9 Å². The first kappa shape index (κ1) is 13.3. The first-order valence-corrected chi connectivity index (χ1v) is 6.41. The highest BCUT2D eigenvalue weighted by atomic mass is 16.6. The van der Waals surface area contributed by atoms with E-state index in [0.29, 0.717) is 6.61 Å². The third kappa shape index (κ3) is 3.42. The van der Waals surface area contributed by atoms with Crippen molar-refractivity contribution in [1.29, 1.82) is 0 Å². The van der Waals surface area contributed by atoms with Crippen LogP contribution in [0.15, 0.2) is 42.0 Å². The van der Waals surface area contributed by atoms with Crippen LogP contribution in [0.3, 0.4) is 0 Å². The van der Waals surface area contributed by atoms with Gasteiger partial charge in [0.1, 0.15) is 0 Å². The fourth-order valence-corrected chi connectivity index (χ4v) is 2.12. The average molecular weight is 247 g/mol. The van der Waals surface area contributed by atoms with Crippen LogP contribution < -0.4 is 5.32 Å². The van der Waals surface area contributed by atoms with Gasteiger partial charge in [-0.15, -0.1) is 0 Å². The molecule has 0 saturated carbocycles. The zero-order chi connectivity index (χ0) is 13.0. The van der Waals surface area contributed by atoms with Gasteiger partial charge in [-0.2, -0.15) is 0 Å². The van der Waals surface area contributed by atoms with E-state index in [0.717, 1.165) is 6.42 Å². The van der Waals surface area contributed by atoms with Crippen LogP contribution in [0.5, 0.6) is 0 Å². The van der Waals surface area contributed by atoms with E-state index in [1.807, 2.05) is 18.2 Å². The van der Waals surface area contributed by atoms with Gasteiger partial charge < -0.3 is 15.2 Å². The maximum Gasteiger partial charge on any atom is 0.170 e. The molecule has 0 aliphatic carbocycles. The summed E-state index contributed by atoms with van der Waals surface area (Å²) in [6, 6.07) is 10.3. The zero-order valence-electron chi connectivity index (χ0n) is 11.0. The lowest BCUT2D eigenvalue weighted by molar-refractivity contribution is -0.152. The molecule has 1 fully saturated rings. The monoisotopic (exact) mass is 247 g/mol. The van der Waals surface area contributed by atoms with Gasteiger partial charge in [-0.05, 0) is 25.8 Å². The molecule has 3 heteroatoms. The number of rotatable bonds is 3. The summed E-state index contributed by atoms with van der Waals surface area (Å²) < 4.78 is 5.45. The van der Waals surface area contributed by atoms with Crippen LogP contribution in [0.25, 0.3) is 0 Å². The van der Waals surface area contributed by atoms with Gasteiger partial charge in [0.05, 0.1) is 18.7 Å². The number of nitrogens with one attached hydrogen (secondary N) is 1. The van der Waals surface area contributed by atoms with Crippen LogP contribution in [0.2, 0.25) is 0 Å². The summed E-state index contributed by atoms with van der Waals surface area (Å²) in [5.74, 6) is 0. The lowest BCUT2D eigenvalue weighted by Gasteiger charge is -2.34. The Labute approximate surface area is 108 Å². The van der Waals surface area contributed by atoms with Crippen molar-refractivity contribution >= 4 is 0 Å². The predicted molar refractivity (Wildman–Crippen MR) is 72.1 cm³/mol. The molecule has 1 aromatic rings. The fraction of sp³-hybridized carbons (Fsp3) is 0.467. The van der Waals surface area contributed by atoms with E-state index in [2.05, 4.69) is 37.4 Å². The quantitative estimate of drug-likeness (QED) is 0.806. The highest BCUT2D eigenvalue weighted by Crippen LogP contribution is 2.21. The number of hydrogen-bond acceptors (Lipinski definition) is 3. The summed E-state index contributed by atoms with van der Waals surface area (Å²) >= 11 is 0. The Bertz CT molecular complexity index is 398. The minimum atomic E-state index is -0.722. The molecule has 1 aliphatic rings. The lowest BCUT2D eigenvalue weighted by Crippen LogP contribution is -2.49. The highest BCUT2D eigenvalue weighted by molar-refractivity contribution is 5.19. The van der Waals surface area contributed by atoms with Crippen molar-refractivity contribution in [1.82, 2.24) is 5.32 Å². The van der Waals surface area contributed by atoms with Crippen molar-refractivity contribution in [3.63, 3.8) is 0 Å². The van der Waals surface area contributed by atoms with Crippen molar-refractivity contribution in [2.24, 2.45) is 0 Å². The molecular weight excluding hydrogens is 226 g/mol. The van der Waals surface area contributed by atoms with Crippen LogP contribution >= 0.6 is 0 Å². The second-order valence-electron chi connectivity index (χ2n) is 4.98. The van der Waals surface area contributed by atoms with E-state index >= 15 is 0 Å². The molecule has 18 heavy (non-hydrogen) atoms. The molecule has 0 spiro atoms. The molecule has 3 atom stereocenters. The lowest BCUT2D eigenvalue weighted by atomic mass is 10.0. The minimum absolute atomic E-state index is 0.0427. The standard InChI is InChI=1S/C15H21NO2/c1-11(2)8-9-13-15(17)18-10-14(16-13)12-6-4-3-5-7-12/h3-8,13-17H,9-10H2,1-2H3/t13-,14+,15-/m1/s1. The number of benzene rings is 1. The Morgan fingerprint density at radius 1 is 1.39 bits per heavy atom. The molecule has 1 saturated heterocycles. The van der Waals surface area contributed by atoms with Crippen LogP contribution in [-0.4, -0.2) is 24.0 Å². The molecule has 0 amide bonds. The number of allylic oxidation sites excluding steroid dienone is 1. The van der Waals surface area contributed by atoms with Crippen molar-refractivity contribution in [2.75, 3.05) is 6.61 Å². The van der Waals surface area contributed by atoms with Gasteiger partial charge >= 0.3 is 0 Å². The first-order valence-electron chi connectivity index (χ1n) is 6.41. The number of aliphatic hydroxyl groups is 1. The van der Waals surface area contributed by atoms with Gasteiger partial charge in [0.25, 0.3) is 0 Å². The smallest absolute Gasteiger partial charge is 0.170 e. The minimum Gasteiger partial charge on any atom is -0.367 e. The second kappa shape index (κ2) is 6.14. The average Bonchev–Trinajstić information content (AvgIpc) is 2.38. The Kier molecular flexibility index (Phi) is 4.53. The van der Waals surface area contributed by atoms with E-state index in [1.54, 1.807) is 0 Å². The van der Waals surface area contributed by atoms with Gasteiger partial charge in [0.2, 0.25) is 0 Å². The fourth-order valence-electron chi connectivity index (χ4n) is 2.12. The predicted octanol–water partition coefficient (Wildman–Crippen LogP) is 2.39. The zero-order valence-corrected chi connectivity index (χ0v) is 11.0. The summed E-state index contributed by atoms with van der Waals surface area (Å²) in [7, 11) is 0. The highest BCUT2D eigenvalue weighted by Gasteiger charge is 2.28. The van der Waals surface area contributed by atoms with Crippen molar-refractivity contribution in [2.45, 2.75) is 38.6 Å². The third-order valence-electron chi connectivity index (χ3n) is 3.18. The summed E-state index contributed by atoms with van der Waals surface area (Å²) in [5, 5.41) is 13.3. The topological polar surface area (TPSA) is 41.5 Å². The van der Waals surface area contributed by atoms with Crippen LogP contribution in [0.4, 0.5) is 0 Å². The summed E-state index contributed by atoms with van der Waals surface area (Å²) in [6.07, 6.45) is 2.19. The summed E-state index contributed by atoms with van der Waals surface area (Å²) in [4.78, 5) is 0. The molecule has 0 unspecified atom stereocenters. The van der Waals surface area contributed by atoms with Crippen molar-refractivity contribution in [3.8, 4) is 0 Å². The van der Waals surface area contributed by atoms with E-state index in [1.165, 1.54) is 11.1 Å². The van der Waals surface area contributed by atoms with E-state index in [-0.39, 0.29) is 12.1 Å². The molecule has 1 aliphatic heterocycles. The van der Waals surface area contributed by atoms with E-state index < -0.39 is 6.29 Å². The number of morpholine rings is 1. The Morgan fingerprint density at radius 2 is 2.11 bits per heavy atom. The van der Waals surface area contributed by atoms with E-state index in [4.69, 9.17) is 4.74 Å². The van der Waals surface area contributed by atoms with Gasteiger partial charge in [-0.1, -0.05) is 42.0 Å². The number of ether oxygens (including phenoxy) is 1. The summed E-state index contributed by atoms with van der Waals surface area (Å²) in [5.41, 5.74) is 2.46. The summed E-state index contributed by atoms with van der Waals surface area (Å²) in [6.45, 7) is 4.63. The molecule has 98 valence electrons. The Balaban J connectivity index is 2.02. The van der Waals surface area contributed by atoms with Gasteiger partial charge in [-0.25, -0.2) is 0 Å². The second-order valence-corrected chi connectivity index (χ2v) is 4.98. The molecule has 1 heterocycles. The third-order valence-corrected chi connectivity index (χ3v) is 3.18. The van der Waals surface area contributed by atoms with Gasteiger partial charge in [0, 0.05) is 0 Å². The molecule has 0 radical (unpaired) electrons. The molecule has 1 aromatic carbocycles. The van der Waals surface area contributed by atoms with Gasteiger partial charge in [-0.3, -0.25) is 0 Å². The molecular formula is C15H21NO2. The SMILES string of the molecule is CC(C)=CC[C@H]1N[C@H](c2ccccc2)CO[C@H]1O. The Hall–Kier alpha value is -1.16. The number of hydrogen-bond donors (Lipinski definition) is 2. The Morgan fingerprint density at radius 3 is 2.78 bits per heavy atom. The normalized spacial score (nSPS) is 27.8. The molecule has 0 aromatic heterocycles. The maximum absolute atomic E-state index is 9.83. The van der Waals surface area contributed by atoms with Crippen molar-refractivity contribution < 1.29 is 9.84 Å². The van der Waals surface area contributed by atoms with Crippen LogP contribution in [0, 0.1) is 0 Å². The van der Waals surface area contributed by atoms with Gasteiger partial charge in [0.15, 0.2) is 6.29 Å². The number of aliphatic hydroxyl groups excluding tert-OH is 1. The maximum atomic E-state index is 9.83. The molecule has 2 N–H and O–H groups in total. The molecule has 2 rings (SSSR count). The largest absolute Gasteiger partial charge is 0.367 e. The van der Waals surface area contributed by atoms with Crippen LogP contribution in [-0.2, 0) is 4.74 Å². The molecule has 3 nitrogen and oxygen atoms in total.